The second kappa shape index (κ2) is 6.58. The van der Waals surface area contributed by atoms with E-state index in [4.69, 9.17) is 4.74 Å². The van der Waals surface area contributed by atoms with Gasteiger partial charge in [0.1, 0.15) is 5.60 Å². The SMILES string of the molecule is COCCn1ncc(Br)c1C1(O)CCCCC1C(C)C. The summed E-state index contributed by atoms with van der Waals surface area (Å²) in [5.74, 6) is 0.739. The maximum atomic E-state index is 11.4. The van der Waals surface area contributed by atoms with Crippen LogP contribution in [0.1, 0.15) is 45.2 Å². The average Bonchev–Trinajstić information content (AvgIpc) is 2.78. The molecule has 1 aromatic heterocycles. The van der Waals surface area contributed by atoms with Crippen molar-refractivity contribution >= 4 is 15.9 Å². The molecule has 1 fully saturated rings. The van der Waals surface area contributed by atoms with Crippen LogP contribution in [0.25, 0.3) is 0 Å². The number of nitrogens with zero attached hydrogens (tertiary/aromatic N) is 2. The van der Waals surface area contributed by atoms with Gasteiger partial charge in [0.05, 0.1) is 29.5 Å². The number of hydrogen-bond acceptors (Lipinski definition) is 3. The molecule has 1 aromatic rings. The summed E-state index contributed by atoms with van der Waals surface area (Å²) in [6.45, 7) is 5.67. The number of aromatic nitrogens is 2. The number of halogens is 1. The molecule has 1 aliphatic rings. The highest BCUT2D eigenvalue weighted by Crippen LogP contribution is 2.47. The van der Waals surface area contributed by atoms with Gasteiger partial charge in [-0.2, -0.15) is 5.10 Å². The van der Waals surface area contributed by atoms with E-state index < -0.39 is 5.60 Å². The Balaban J connectivity index is 2.38. The summed E-state index contributed by atoms with van der Waals surface area (Å²) >= 11 is 3.57. The summed E-state index contributed by atoms with van der Waals surface area (Å²) in [5.41, 5.74) is 0.142. The molecule has 2 unspecified atom stereocenters. The highest BCUT2D eigenvalue weighted by Gasteiger charge is 2.45. The minimum atomic E-state index is -0.782. The molecular weight excluding hydrogens is 320 g/mol. The Bertz CT molecular complexity index is 447. The summed E-state index contributed by atoms with van der Waals surface area (Å²) < 4.78 is 7.95. The molecule has 0 bridgehead atoms. The number of hydrogen-bond donors (Lipinski definition) is 1. The van der Waals surface area contributed by atoms with Gasteiger partial charge in [0.25, 0.3) is 0 Å². The van der Waals surface area contributed by atoms with E-state index in [1.165, 1.54) is 6.42 Å². The molecule has 1 saturated carbocycles. The van der Waals surface area contributed by atoms with Crippen molar-refractivity contribution in [1.29, 1.82) is 0 Å². The summed E-state index contributed by atoms with van der Waals surface area (Å²) in [4.78, 5) is 0. The minimum Gasteiger partial charge on any atom is -0.383 e. The predicted molar refractivity (Wildman–Crippen MR) is 82.5 cm³/mol. The van der Waals surface area contributed by atoms with E-state index in [0.717, 1.165) is 29.4 Å². The molecule has 2 atom stereocenters. The van der Waals surface area contributed by atoms with Crippen LogP contribution in [0.5, 0.6) is 0 Å². The van der Waals surface area contributed by atoms with Crippen LogP contribution in [-0.2, 0) is 16.9 Å². The van der Waals surface area contributed by atoms with E-state index in [2.05, 4.69) is 34.9 Å². The molecule has 0 aromatic carbocycles. The smallest absolute Gasteiger partial charge is 0.110 e. The van der Waals surface area contributed by atoms with Crippen LogP contribution in [0.4, 0.5) is 0 Å². The molecule has 0 aliphatic heterocycles. The van der Waals surface area contributed by atoms with Crippen LogP contribution >= 0.6 is 15.9 Å². The second-order valence-corrected chi connectivity index (χ2v) is 6.93. The minimum absolute atomic E-state index is 0.283. The van der Waals surface area contributed by atoms with Gasteiger partial charge < -0.3 is 9.84 Å². The monoisotopic (exact) mass is 344 g/mol. The Hall–Kier alpha value is -0.390. The van der Waals surface area contributed by atoms with Crippen LogP contribution in [0.3, 0.4) is 0 Å². The summed E-state index contributed by atoms with van der Waals surface area (Å²) in [6, 6.07) is 0. The Kier molecular flexibility index (Phi) is 5.26. The Morgan fingerprint density at radius 2 is 2.30 bits per heavy atom. The van der Waals surface area contributed by atoms with Crippen LogP contribution in [0.2, 0.25) is 0 Å². The van der Waals surface area contributed by atoms with Gasteiger partial charge in [0.15, 0.2) is 0 Å². The third-order valence-electron chi connectivity index (χ3n) is 4.45. The lowest BCUT2D eigenvalue weighted by Gasteiger charge is -2.42. The number of rotatable bonds is 5. The molecule has 4 nitrogen and oxygen atoms in total. The maximum Gasteiger partial charge on any atom is 0.110 e. The Labute approximate surface area is 129 Å². The highest BCUT2D eigenvalue weighted by atomic mass is 79.9. The molecule has 0 spiro atoms. The zero-order valence-electron chi connectivity index (χ0n) is 12.6. The standard InChI is InChI=1S/C15H25BrN2O2/c1-11(2)12-6-4-5-7-15(12,19)14-13(16)10-17-18(14)8-9-20-3/h10-12,19H,4-9H2,1-3H3. The van der Waals surface area contributed by atoms with Crippen molar-refractivity contribution in [2.24, 2.45) is 11.8 Å². The van der Waals surface area contributed by atoms with Gasteiger partial charge in [-0.3, -0.25) is 4.68 Å². The van der Waals surface area contributed by atoms with Gasteiger partial charge >= 0.3 is 0 Å². The molecule has 5 heteroatoms. The summed E-state index contributed by atoms with van der Waals surface area (Å²) in [5, 5.41) is 15.8. The maximum absolute atomic E-state index is 11.4. The molecule has 0 radical (unpaired) electrons. The van der Waals surface area contributed by atoms with Crippen LogP contribution in [0, 0.1) is 11.8 Å². The third-order valence-corrected chi connectivity index (χ3v) is 5.03. The zero-order valence-corrected chi connectivity index (χ0v) is 14.2. The van der Waals surface area contributed by atoms with Crippen LogP contribution < -0.4 is 0 Å². The Morgan fingerprint density at radius 1 is 1.55 bits per heavy atom. The second-order valence-electron chi connectivity index (χ2n) is 6.08. The molecule has 1 N–H and O–H groups in total. The first-order valence-electron chi connectivity index (χ1n) is 7.43. The first-order chi connectivity index (χ1) is 9.50. The number of aliphatic hydroxyl groups is 1. The van der Waals surface area contributed by atoms with Crippen molar-refractivity contribution in [1.82, 2.24) is 9.78 Å². The molecule has 2 rings (SSSR count). The Morgan fingerprint density at radius 3 is 2.95 bits per heavy atom. The van der Waals surface area contributed by atoms with E-state index in [1.807, 2.05) is 4.68 Å². The highest BCUT2D eigenvalue weighted by molar-refractivity contribution is 9.10. The molecule has 0 amide bonds. The van der Waals surface area contributed by atoms with Crippen molar-refractivity contribution in [3.63, 3.8) is 0 Å². The normalized spacial score (nSPS) is 27.2. The fourth-order valence-electron chi connectivity index (χ4n) is 3.50. The van der Waals surface area contributed by atoms with E-state index in [1.54, 1.807) is 13.3 Å². The van der Waals surface area contributed by atoms with Gasteiger partial charge in [-0.15, -0.1) is 0 Å². The molecule has 1 heterocycles. The summed E-state index contributed by atoms with van der Waals surface area (Å²) in [6.07, 6.45) is 5.95. The quantitative estimate of drug-likeness (QED) is 0.891. The molecule has 114 valence electrons. The van der Waals surface area contributed by atoms with Gasteiger partial charge in [-0.05, 0) is 40.6 Å². The van der Waals surface area contributed by atoms with Gasteiger partial charge in [0.2, 0.25) is 0 Å². The van der Waals surface area contributed by atoms with Gasteiger partial charge in [-0.25, -0.2) is 0 Å². The van der Waals surface area contributed by atoms with Gasteiger partial charge in [0, 0.05) is 7.11 Å². The largest absolute Gasteiger partial charge is 0.383 e. The fraction of sp³-hybridized carbons (Fsp3) is 0.800. The first-order valence-corrected chi connectivity index (χ1v) is 8.23. The van der Waals surface area contributed by atoms with E-state index in [-0.39, 0.29) is 5.92 Å². The number of ether oxygens (including phenoxy) is 1. The topological polar surface area (TPSA) is 47.3 Å². The molecule has 0 saturated heterocycles. The van der Waals surface area contributed by atoms with E-state index >= 15 is 0 Å². The predicted octanol–water partition coefficient (Wildman–Crippen LogP) is 3.33. The first kappa shape index (κ1) is 16.0. The summed E-state index contributed by atoms with van der Waals surface area (Å²) in [7, 11) is 1.68. The van der Waals surface area contributed by atoms with Crippen molar-refractivity contribution in [3.05, 3.63) is 16.4 Å². The third kappa shape index (κ3) is 2.95. The fourth-order valence-corrected chi connectivity index (χ4v) is 4.14. The average molecular weight is 345 g/mol. The molecule has 1 aliphatic carbocycles. The zero-order chi connectivity index (χ0) is 14.8. The van der Waals surface area contributed by atoms with Crippen LogP contribution in [0.15, 0.2) is 10.7 Å². The molecular formula is C15H25BrN2O2. The van der Waals surface area contributed by atoms with Crippen molar-refractivity contribution in [3.8, 4) is 0 Å². The molecule has 20 heavy (non-hydrogen) atoms. The van der Waals surface area contributed by atoms with Crippen molar-refractivity contribution in [2.75, 3.05) is 13.7 Å². The lowest BCUT2D eigenvalue weighted by atomic mass is 9.68. The van der Waals surface area contributed by atoms with Crippen molar-refractivity contribution in [2.45, 2.75) is 51.7 Å². The lowest BCUT2D eigenvalue weighted by Crippen LogP contribution is -2.42. The van der Waals surface area contributed by atoms with E-state index in [9.17, 15) is 5.11 Å². The number of methoxy groups -OCH3 is 1. The lowest BCUT2D eigenvalue weighted by molar-refractivity contribution is -0.0795. The van der Waals surface area contributed by atoms with E-state index in [0.29, 0.717) is 19.1 Å². The van der Waals surface area contributed by atoms with Gasteiger partial charge in [-0.1, -0.05) is 26.7 Å². The van der Waals surface area contributed by atoms with Crippen molar-refractivity contribution < 1.29 is 9.84 Å². The van der Waals surface area contributed by atoms with Crippen LogP contribution in [-0.4, -0.2) is 28.6 Å².